The molecule has 6 heteroatoms. The van der Waals surface area contributed by atoms with E-state index in [9.17, 15) is 10.1 Å². The van der Waals surface area contributed by atoms with Gasteiger partial charge in [-0.1, -0.05) is 26.2 Å². The Morgan fingerprint density at radius 2 is 2.15 bits per heavy atom. The molecule has 0 aliphatic rings. The van der Waals surface area contributed by atoms with Crippen molar-refractivity contribution in [3.05, 3.63) is 27.3 Å². The van der Waals surface area contributed by atoms with E-state index >= 15 is 0 Å². The van der Waals surface area contributed by atoms with E-state index in [1.807, 2.05) is 6.92 Å². The van der Waals surface area contributed by atoms with Crippen molar-refractivity contribution in [1.29, 1.82) is 0 Å². The van der Waals surface area contributed by atoms with E-state index in [1.165, 1.54) is 24.2 Å². The predicted octanol–water partition coefficient (Wildman–Crippen LogP) is 4.51. The first-order chi connectivity index (χ1) is 9.61. The van der Waals surface area contributed by atoms with Crippen LogP contribution >= 0.6 is 11.3 Å². The number of thiazole rings is 1. The van der Waals surface area contributed by atoms with Crippen LogP contribution in [0.5, 0.6) is 0 Å². The number of nitro benzene ring substituents is 1. The van der Waals surface area contributed by atoms with E-state index in [0.717, 1.165) is 34.6 Å². The monoisotopic (exact) mass is 293 g/mol. The highest BCUT2D eigenvalue weighted by Crippen LogP contribution is 2.32. The fourth-order valence-corrected chi connectivity index (χ4v) is 2.99. The number of hydrogen-bond acceptors (Lipinski definition) is 5. The van der Waals surface area contributed by atoms with Crippen molar-refractivity contribution in [2.75, 3.05) is 11.9 Å². The molecule has 20 heavy (non-hydrogen) atoms. The van der Waals surface area contributed by atoms with Crippen molar-refractivity contribution in [3.63, 3.8) is 0 Å². The molecule has 5 nitrogen and oxygen atoms in total. The lowest BCUT2D eigenvalue weighted by Gasteiger charge is -2.07. The standard InChI is InChI=1S/C14H19N3O2S/c1-3-4-5-6-7-15-11-8-12-14(20-10(2)16-12)9-13(11)17(18)19/h8-9,15H,3-7H2,1-2H3. The highest BCUT2D eigenvalue weighted by molar-refractivity contribution is 7.18. The molecule has 0 unspecified atom stereocenters. The van der Waals surface area contributed by atoms with Gasteiger partial charge in [0.2, 0.25) is 0 Å². The number of aryl methyl sites for hydroxylation is 1. The van der Waals surface area contributed by atoms with Crippen LogP contribution in [0.3, 0.4) is 0 Å². The molecular formula is C14H19N3O2S. The van der Waals surface area contributed by atoms with Gasteiger partial charge in [0.05, 0.1) is 20.1 Å². The molecular weight excluding hydrogens is 274 g/mol. The summed E-state index contributed by atoms with van der Waals surface area (Å²) in [5.74, 6) is 0. The van der Waals surface area contributed by atoms with Gasteiger partial charge in [0, 0.05) is 12.6 Å². The van der Waals surface area contributed by atoms with Crippen LogP contribution in [0.25, 0.3) is 10.2 Å². The van der Waals surface area contributed by atoms with E-state index < -0.39 is 0 Å². The van der Waals surface area contributed by atoms with Crippen molar-refractivity contribution in [3.8, 4) is 0 Å². The summed E-state index contributed by atoms with van der Waals surface area (Å²) < 4.78 is 0.866. The summed E-state index contributed by atoms with van der Waals surface area (Å²) in [6.45, 7) is 4.83. The second-order valence-electron chi connectivity index (χ2n) is 4.81. The van der Waals surface area contributed by atoms with Gasteiger partial charge in [-0.3, -0.25) is 10.1 Å². The third kappa shape index (κ3) is 3.45. The van der Waals surface area contributed by atoms with Crippen LogP contribution in [0, 0.1) is 17.0 Å². The highest BCUT2D eigenvalue weighted by Gasteiger charge is 2.16. The van der Waals surface area contributed by atoms with Crippen molar-refractivity contribution in [2.45, 2.75) is 39.5 Å². The van der Waals surface area contributed by atoms with Crippen molar-refractivity contribution < 1.29 is 4.92 Å². The summed E-state index contributed by atoms with van der Waals surface area (Å²) >= 11 is 1.48. The summed E-state index contributed by atoms with van der Waals surface area (Å²) in [7, 11) is 0. The van der Waals surface area contributed by atoms with E-state index in [0.29, 0.717) is 5.69 Å². The van der Waals surface area contributed by atoms with Crippen molar-refractivity contribution >= 4 is 32.9 Å². The number of fused-ring (bicyclic) bond motifs is 1. The zero-order chi connectivity index (χ0) is 14.5. The smallest absolute Gasteiger partial charge is 0.293 e. The SMILES string of the molecule is CCCCCCNc1cc2nc(C)sc2cc1[N+](=O)[O-]. The molecule has 1 aromatic heterocycles. The second kappa shape index (κ2) is 6.65. The van der Waals surface area contributed by atoms with Gasteiger partial charge in [0.15, 0.2) is 0 Å². The van der Waals surface area contributed by atoms with E-state index in [4.69, 9.17) is 0 Å². The maximum Gasteiger partial charge on any atom is 0.293 e. The van der Waals surface area contributed by atoms with Crippen LogP contribution in [-0.4, -0.2) is 16.5 Å². The molecule has 0 saturated heterocycles. The van der Waals surface area contributed by atoms with Gasteiger partial charge in [-0.05, 0) is 19.4 Å². The Morgan fingerprint density at radius 1 is 1.35 bits per heavy atom. The van der Waals surface area contributed by atoms with Gasteiger partial charge < -0.3 is 5.32 Å². The van der Waals surface area contributed by atoms with Crippen LogP contribution in [0.15, 0.2) is 12.1 Å². The summed E-state index contributed by atoms with van der Waals surface area (Å²) in [6.07, 6.45) is 4.56. The Balaban J connectivity index is 2.16. The number of aromatic nitrogens is 1. The van der Waals surface area contributed by atoms with Crippen LogP contribution in [-0.2, 0) is 0 Å². The lowest BCUT2D eigenvalue weighted by atomic mass is 10.2. The average Bonchev–Trinajstić information content (AvgIpc) is 2.76. The summed E-state index contributed by atoms with van der Waals surface area (Å²) in [5, 5.41) is 15.3. The molecule has 108 valence electrons. The number of hydrogen-bond donors (Lipinski definition) is 1. The molecule has 0 aliphatic heterocycles. The number of nitro groups is 1. The highest BCUT2D eigenvalue weighted by atomic mass is 32.1. The largest absolute Gasteiger partial charge is 0.379 e. The molecule has 1 heterocycles. The van der Waals surface area contributed by atoms with Crippen LogP contribution in [0.2, 0.25) is 0 Å². The first-order valence-corrected chi connectivity index (χ1v) is 7.73. The van der Waals surface area contributed by atoms with Gasteiger partial charge in [-0.25, -0.2) is 4.98 Å². The topological polar surface area (TPSA) is 68.1 Å². The van der Waals surface area contributed by atoms with Crippen LogP contribution < -0.4 is 5.32 Å². The number of anilines is 1. The molecule has 0 aliphatic carbocycles. The molecule has 0 amide bonds. The minimum atomic E-state index is -0.330. The Labute approximate surface area is 122 Å². The average molecular weight is 293 g/mol. The fraction of sp³-hybridized carbons (Fsp3) is 0.500. The molecule has 1 aromatic carbocycles. The molecule has 0 radical (unpaired) electrons. The van der Waals surface area contributed by atoms with Gasteiger partial charge in [-0.15, -0.1) is 11.3 Å². The van der Waals surface area contributed by atoms with E-state index in [2.05, 4.69) is 17.2 Å². The Kier molecular flexibility index (Phi) is 4.89. The van der Waals surface area contributed by atoms with E-state index in [1.54, 1.807) is 12.1 Å². The molecule has 2 rings (SSSR count). The molecule has 0 bridgehead atoms. The van der Waals surface area contributed by atoms with Crippen molar-refractivity contribution in [1.82, 2.24) is 4.98 Å². The van der Waals surface area contributed by atoms with Crippen LogP contribution in [0.4, 0.5) is 11.4 Å². The Hall–Kier alpha value is -1.69. The predicted molar refractivity (Wildman–Crippen MR) is 83.6 cm³/mol. The van der Waals surface area contributed by atoms with Gasteiger partial charge in [0.1, 0.15) is 5.69 Å². The summed E-state index contributed by atoms with van der Waals surface area (Å²) in [4.78, 5) is 15.2. The first kappa shape index (κ1) is 14.7. The summed E-state index contributed by atoms with van der Waals surface area (Å²) in [5.41, 5.74) is 1.54. The molecule has 2 aromatic rings. The van der Waals surface area contributed by atoms with Gasteiger partial charge in [-0.2, -0.15) is 0 Å². The Bertz CT molecular complexity index is 610. The lowest BCUT2D eigenvalue weighted by Crippen LogP contribution is -2.04. The molecule has 0 fully saturated rings. The Morgan fingerprint density at radius 3 is 2.85 bits per heavy atom. The maximum absolute atomic E-state index is 11.2. The number of nitrogens with zero attached hydrogens (tertiary/aromatic N) is 2. The number of nitrogens with one attached hydrogen (secondary N) is 1. The minimum absolute atomic E-state index is 0.136. The number of unbranched alkanes of at least 4 members (excludes halogenated alkanes) is 3. The maximum atomic E-state index is 11.2. The molecule has 0 saturated carbocycles. The normalized spacial score (nSPS) is 10.9. The lowest BCUT2D eigenvalue weighted by molar-refractivity contribution is -0.383. The van der Waals surface area contributed by atoms with Gasteiger partial charge >= 0.3 is 0 Å². The number of benzene rings is 1. The molecule has 0 atom stereocenters. The molecule has 1 N–H and O–H groups in total. The van der Waals surface area contributed by atoms with Crippen LogP contribution in [0.1, 0.15) is 37.6 Å². The second-order valence-corrected chi connectivity index (χ2v) is 6.05. The van der Waals surface area contributed by atoms with Gasteiger partial charge in [0.25, 0.3) is 5.69 Å². The van der Waals surface area contributed by atoms with E-state index in [-0.39, 0.29) is 10.6 Å². The molecule has 0 spiro atoms. The zero-order valence-electron chi connectivity index (χ0n) is 11.8. The zero-order valence-corrected chi connectivity index (χ0v) is 12.6. The fourth-order valence-electron chi connectivity index (χ4n) is 2.15. The third-order valence-corrected chi connectivity index (χ3v) is 4.09. The van der Waals surface area contributed by atoms with Crippen molar-refractivity contribution in [2.24, 2.45) is 0 Å². The minimum Gasteiger partial charge on any atom is -0.379 e. The summed E-state index contributed by atoms with van der Waals surface area (Å²) in [6, 6.07) is 3.41. The quantitative estimate of drug-likeness (QED) is 0.463. The first-order valence-electron chi connectivity index (χ1n) is 6.91. The third-order valence-electron chi connectivity index (χ3n) is 3.16. The number of rotatable bonds is 7.